The molecule has 0 saturated carbocycles. The number of pyridine rings is 1. The number of benzene rings is 1. The summed E-state index contributed by atoms with van der Waals surface area (Å²) < 4.78 is 10.3. The van der Waals surface area contributed by atoms with Crippen molar-refractivity contribution in [3.63, 3.8) is 0 Å². The number of aromatic nitrogens is 1. The largest absolute Gasteiger partial charge is 0.475 e. The Hall–Kier alpha value is -2.80. The number of hydrogen-bond donors (Lipinski definition) is 1. The molecule has 0 aliphatic heterocycles. The van der Waals surface area contributed by atoms with E-state index in [0.717, 1.165) is 11.3 Å². The molecular formula is C19H26N4O3. The summed E-state index contributed by atoms with van der Waals surface area (Å²) in [6.45, 7) is 1.45. The second-order valence-corrected chi connectivity index (χ2v) is 6.07. The van der Waals surface area contributed by atoms with Gasteiger partial charge in [0, 0.05) is 46.6 Å². The van der Waals surface area contributed by atoms with Crippen LogP contribution >= 0.6 is 0 Å². The highest BCUT2D eigenvalue weighted by Gasteiger charge is 2.10. The van der Waals surface area contributed by atoms with E-state index in [1.165, 1.54) is 0 Å². The van der Waals surface area contributed by atoms with E-state index in [1.807, 2.05) is 43.3 Å². The first kappa shape index (κ1) is 19.5. The fourth-order valence-electron chi connectivity index (χ4n) is 2.23. The number of amides is 2. The molecule has 0 aliphatic carbocycles. The maximum atomic E-state index is 12.3. The Balaban J connectivity index is 1.86. The van der Waals surface area contributed by atoms with Crippen LogP contribution < -0.4 is 15.0 Å². The number of hydrogen-bond acceptors (Lipinski definition) is 5. The highest BCUT2D eigenvalue weighted by atomic mass is 16.5. The van der Waals surface area contributed by atoms with E-state index in [-0.39, 0.29) is 6.03 Å². The molecule has 0 aliphatic rings. The Kier molecular flexibility index (Phi) is 7.23. The number of carbonyl (C=O) groups is 1. The quantitative estimate of drug-likeness (QED) is 0.735. The minimum atomic E-state index is -0.198. The molecule has 0 radical (unpaired) electrons. The molecule has 0 fully saturated rings. The second kappa shape index (κ2) is 9.62. The number of ether oxygens (including phenoxy) is 2. The Morgan fingerprint density at radius 2 is 1.81 bits per heavy atom. The van der Waals surface area contributed by atoms with Crippen molar-refractivity contribution in [1.82, 2.24) is 9.88 Å². The summed E-state index contributed by atoms with van der Waals surface area (Å²) in [6, 6.07) is 11.4. The van der Waals surface area contributed by atoms with Crippen LogP contribution in [-0.4, -0.2) is 57.4 Å². The number of methoxy groups -OCH3 is 1. The summed E-state index contributed by atoms with van der Waals surface area (Å²) in [5.74, 6) is 0.495. The smallest absolute Gasteiger partial charge is 0.321 e. The molecule has 0 unspecified atom stereocenters. The summed E-state index contributed by atoms with van der Waals surface area (Å²) in [4.78, 5) is 20.1. The molecule has 7 heteroatoms. The van der Waals surface area contributed by atoms with Crippen molar-refractivity contribution in [2.45, 2.75) is 6.54 Å². The zero-order chi connectivity index (χ0) is 18.9. The van der Waals surface area contributed by atoms with Crippen LogP contribution in [0.25, 0.3) is 0 Å². The maximum absolute atomic E-state index is 12.3. The van der Waals surface area contributed by atoms with Crippen LogP contribution in [0.4, 0.5) is 16.2 Å². The van der Waals surface area contributed by atoms with Crippen LogP contribution in [0.3, 0.4) is 0 Å². The predicted molar refractivity (Wildman–Crippen MR) is 103 cm³/mol. The van der Waals surface area contributed by atoms with Gasteiger partial charge < -0.3 is 24.6 Å². The van der Waals surface area contributed by atoms with Crippen molar-refractivity contribution in [1.29, 1.82) is 0 Å². The molecule has 1 heterocycles. The third kappa shape index (κ3) is 5.93. The van der Waals surface area contributed by atoms with Crippen LogP contribution in [0.2, 0.25) is 0 Å². The van der Waals surface area contributed by atoms with Gasteiger partial charge in [0.1, 0.15) is 6.61 Å². The summed E-state index contributed by atoms with van der Waals surface area (Å²) in [5.41, 5.74) is 2.80. The second-order valence-electron chi connectivity index (χ2n) is 6.07. The average Bonchev–Trinajstić information content (AvgIpc) is 2.63. The van der Waals surface area contributed by atoms with E-state index in [4.69, 9.17) is 9.47 Å². The molecule has 26 heavy (non-hydrogen) atoms. The molecule has 1 aromatic heterocycles. The van der Waals surface area contributed by atoms with E-state index in [9.17, 15) is 4.79 Å². The van der Waals surface area contributed by atoms with E-state index in [1.54, 1.807) is 37.4 Å². The fraction of sp³-hybridized carbons (Fsp3) is 0.368. The topological polar surface area (TPSA) is 66.9 Å². The monoisotopic (exact) mass is 358 g/mol. The van der Waals surface area contributed by atoms with E-state index >= 15 is 0 Å². The van der Waals surface area contributed by atoms with Gasteiger partial charge in [-0.2, -0.15) is 0 Å². The van der Waals surface area contributed by atoms with E-state index in [2.05, 4.69) is 10.3 Å². The average molecular weight is 358 g/mol. The molecular weight excluding hydrogens is 332 g/mol. The first-order valence-electron chi connectivity index (χ1n) is 8.36. The highest BCUT2D eigenvalue weighted by molar-refractivity contribution is 5.88. The van der Waals surface area contributed by atoms with Gasteiger partial charge in [-0.05, 0) is 23.8 Å². The minimum Gasteiger partial charge on any atom is -0.475 e. The third-order valence-corrected chi connectivity index (χ3v) is 3.74. The molecule has 1 aromatic carbocycles. The summed E-state index contributed by atoms with van der Waals surface area (Å²) in [7, 11) is 7.36. The Morgan fingerprint density at radius 3 is 2.38 bits per heavy atom. The van der Waals surface area contributed by atoms with Crippen LogP contribution in [0.15, 0.2) is 42.6 Å². The van der Waals surface area contributed by atoms with Gasteiger partial charge in [-0.25, -0.2) is 9.78 Å². The van der Waals surface area contributed by atoms with Crippen molar-refractivity contribution >= 4 is 17.4 Å². The molecule has 1 N–H and O–H groups in total. The molecule has 0 saturated heterocycles. The van der Waals surface area contributed by atoms with Gasteiger partial charge in [-0.1, -0.05) is 12.1 Å². The standard InChI is InChI=1S/C19H26N4O3/c1-22(2)17-8-5-15(6-9-17)14-23(3)19(24)21-16-7-10-18(20-13-16)26-12-11-25-4/h5-10,13H,11-12,14H2,1-4H3,(H,21,24). The van der Waals surface area contributed by atoms with Gasteiger partial charge in [0.05, 0.1) is 18.5 Å². The van der Waals surface area contributed by atoms with Gasteiger partial charge in [-0.3, -0.25) is 0 Å². The van der Waals surface area contributed by atoms with Gasteiger partial charge in [-0.15, -0.1) is 0 Å². The lowest BCUT2D eigenvalue weighted by Crippen LogP contribution is -2.30. The Labute approximate surface area is 154 Å². The maximum Gasteiger partial charge on any atom is 0.321 e. The van der Waals surface area contributed by atoms with Gasteiger partial charge in [0.2, 0.25) is 5.88 Å². The van der Waals surface area contributed by atoms with Crippen molar-refractivity contribution in [2.75, 3.05) is 51.7 Å². The lowest BCUT2D eigenvalue weighted by molar-refractivity contribution is 0.144. The lowest BCUT2D eigenvalue weighted by Gasteiger charge is -2.19. The normalized spacial score (nSPS) is 10.3. The number of urea groups is 1. The molecule has 140 valence electrons. The molecule has 2 rings (SSSR count). The minimum absolute atomic E-state index is 0.198. The summed E-state index contributed by atoms with van der Waals surface area (Å²) >= 11 is 0. The Bertz CT molecular complexity index is 687. The SMILES string of the molecule is COCCOc1ccc(NC(=O)N(C)Cc2ccc(N(C)C)cc2)cn1. The van der Waals surface area contributed by atoms with Crippen LogP contribution in [0.5, 0.6) is 5.88 Å². The van der Waals surface area contributed by atoms with Crippen LogP contribution in [-0.2, 0) is 11.3 Å². The number of nitrogens with one attached hydrogen (secondary N) is 1. The van der Waals surface area contributed by atoms with Crippen molar-refractivity contribution < 1.29 is 14.3 Å². The van der Waals surface area contributed by atoms with Gasteiger partial charge in [0.15, 0.2) is 0 Å². The molecule has 2 amide bonds. The molecule has 7 nitrogen and oxygen atoms in total. The number of nitrogens with zero attached hydrogens (tertiary/aromatic N) is 3. The highest BCUT2D eigenvalue weighted by Crippen LogP contribution is 2.15. The summed E-state index contributed by atoms with van der Waals surface area (Å²) in [5, 5.41) is 2.82. The zero-order valence-electron chi connectivity index (χ0n) is 15.7. The van der Waals surface area contributed by atoms with Gasteiger partial charge in [0.25, 0.3) is 0 Å². The Morgan fingerprint density at radius 1 is 1.08 bits per heavy atom. The van der Waals surface area contributed by atoms with Crippen molar-refractivity contribution in [3.8, 4) is 5.88 Å². The lowest BCUT2D eigenvalue weighted by atomic mass is 10.2. The first-order valence-corrected chi connectivity index (χ1v) is 8.36. The van der Waals surface area contributed by atoms with E-state index < -0.39 is 0 Å². The molecule has 2 aromatic rings. The van der Waals surface area contributed by atoms with E-state index in [0.29, 0.717) is 31.3 Å². The predicted octanol–water partition coefficient (Wildman–Crippen LogP) is 2.84. The number of rotatable bonds is 8. The van der Waals surface area contributed by atoms with Crippen LogP contribution in [0.1, 0.15) is 5.56 Å². The molecule has 0 spiro atoms. The fourth-order valence-corrected chi connectivity index (χ4v) is 2.23. The van der Waals surface area contributed by atoms with Crippen LogP contribution in [0, 0.1) is 0 Å². The third-order valence-electron chi connectivity index (χ3n) is 3.74. The molecule has 0 bridgehead atoms. The number of anilines is 2. The molecule has 0 atom stereocenters. The van der Waals surface area contributed by atoms with Crippen molar-refractivity contribution in [2.24, 2.45) is 0 Å². The zero-order valence-corrected chi connectivity index (χ0v) is 15.7. The van der Waals surface area contributed by atoms with Gasteiger partial charge >= 0.3 is 6.03 Å². The van der Waals surface area contributed by atoms with Crippen molar-refractivity contribution in [3.05, 3.63) is 48.2 Å². The number of carbonyl (C=O) groups excluding carboxylic acids is 1. The summed E-state index contributed by atoms with van der Waals surface area (Å²) in [6.07, 6.45) is 1.57. The first-order chi connectivity index (χ1) is 12.5.